The average molecular weight is 513 g/mol. The van der Waals surface area contributed by atoms with E-state index in [1.165, 1.54) is 24.3 Å². The molecule has 0 aromatic heterocycles. The Bertz CT molecular complexity index is 1120. The van der Waals surface area contributed by atoms with E-state index in [-0.39, 0.29) is 16.6 Å². The van der Waals surface area contributed by atoms with Gasteiger partial charge in [-0.1, -0.05) is 0 Å². The van der Waals surface area contributed by atoms with Crippen LogP contribution in [0.15, 0.2) is 53.4 Å². The van der Waals surface area contributed by atoms with Gasteiger partial charge in [-0.25, -0.2) is 13.2 Å². The lowest BCUT2D eigenvalue weighted by molar-refractivity contribution is -0.137. The van der Waals surface area contributed by atoms with Crippen LogP contribution in [0.1, 0.15) is 18.4 Å². The Morgan fingerprint density at radius 1 is 0.943 bits per heavy atom. The molecule has 12 heteroatoms. The highest BCUT2D eigenvalue weighted by Gasteiger charge is 2.36. The molecule has 2 aromatic carbocycles. The van der Waals surface area contributed by atoms with Gasteiger partial charge in [-0.05, 0) is 61.4 Å². The highest BCUT2D eigenvalue weighted by molar-refractivity contribution is 7.89. The summed E-state index contributed by atoms with van der Waals surface area (Å²) >= 11 is 0. The van der Waals surface area contributed by atoms with Crippen LogP contribution < -0.4 is 10.6 Å². The Balaban J connectivity index is 1.36. The summed E-state index contributed by atoms with van der Waals surface area (Å²) < 4.78 is 71.4. The van der Waals surface area contributed by atoms with E-state index in [9.17, 15) is 26.4 Å². The number of morpholine rings is 1. The third-order valence-corrected chi connectivity index (χ3v) is 8.05. The zero-order chi connectivity index (χ0) is 25.1. The second kappa shape index (κ2) is 10.5. The van der Waals surface area contributed by atoms with Crippen LogP contribution >= 0.6 is 0 Å². The number of hydrogen-bond acceptors (Lipinski definition) is 5. The summed E-state index contributed by atoms with van der Waals surface area (Å²) in [6.45, 7) is 4.03. The number of halogens is 3. The third kappa shape index (κ3) is 6.31. The lowest BCUT2D eigenvalue weighted by Gasteiger charge is -2.32. The maximum Gasteiger partial charge on any atom is 0.416 e. The summed E-state index contributed by atoms with van der Waals surface area (Å²) in [5.74, 6) is 0. The van der Waals surface area contributed by atoms with E-state index in [0.717, 1.165) is 50.2 Å². The number of nitrogens with one attached hydrogen (secondary N) is 2. The predicted octanol–water partition coefficient (Wildman–Crippen LogP) is 3.83. The second-order valence-electron chi connectivity index (χ2n) is 8.50. The minimum absolute atomic E-state index is 0.0922. The predicted molar refractivity (Wildman–Crippen MR) is 125 cm³/mol. The first-order chi connectivity index (χ1) is 16.6. The van der Waals surface area contributed by atoms with Crippen LogP contribution in [-0.4, -0.2) is 69.1 Å². The summed E-state index contributed by atoms with van der Waals surface area (Å²) in [6, 6.07) is 9.14. The number of nitrogens with zero attached hydrogens (tertiary/aromatic N) is 2. The zero-order valence-corrected chi connectivity index (χ0v) is 19.7. The molecule has 0 saturated carbocycles. The van der Waals surface area contributed by atoms with Crippen molar-refractivity contribution in [2.45, 2.75) is 30.0 Å². The smallest absolute Gasteiger partial charge is 0.379 e. The fourth-order valence-electron chi connectivity index (χ4n) is 4.27. The van der Waals surface area contributed by atoms with Crippen molar-refractivity contribution in [2.24, 2.45) is 0 Å². The van der Waals surface area contributed by atoms with E-state index in [1.54, 1.807) is 4.31 Å². The highest BCUT2D eigenvalue weighted by atomic mass is 32.2. The molecule has 0 aliphatic carbocycles. The molecule has 190 valence electrons. The molecule has 2 heterocycles. The number of ether oxygens (including phenoxy) is 1. The highest BCUT2D eigenvalue weighted by Crippen LogP contribution is 2.30. The second-order valence-corrected chi connectivity index (χ2v) is 10.4. The van der Waals surface area contributed by atoms with Gasteiger partial charge in [0, 0.05) is 43.6 Å². The van der Waals surface area contributed by atoms with Gasteiger partial charge in [0.1, 0.15) is 0 Å². The van der Waals surface area contributed by atoms with Gasteiger partial charge in [0.2, 0.25) is 10.0 Å². The fourth-order valence-corrected chi connectivity index (χ4v) is 5.96. The van der Waals surface area contributed by atoms with E-state index in [1.807, 2.05) is 0 Å². The zero-order valence-electron chi connectivity index (χ0n) is 18.9. The lowest BCUT2D eigenvalue weighted by Crippen LogP contribution is -2.46. The van der Waals surface area contributed by atoms with Crippen molar-refractivity contribution in [1.82, 2.24) is 9.21 Å². The number of rotatable bonds is 6. The molecule has 35 heavy (non-hydrogen) atoms. The molecule has 0 radical (unpaired) electrons. The molecular weight excluding hydrogens is 485 g/mol. The van der Waals surface area contributed by atoms with Gasteiger partial charge in [0.25, 0.3) is 0 Å². The monoisotopic (exact) mass is 512 g/mol. The van der Waals surface area contributed by atoms with Gasteiger partial charge in [-0.15, -0.1) is 0 Å². The van der Waals surface area contributed by atoms with Crippen LogP contribution in [0.3, 0.4) is 0 Å². The van der Waals surface area contributed by atoms with Crippen molar-refractivity contribution in [3.63, 3.8) is 0 Å². The van der Waals surface area contributed by atoms with Crippen molar-refractivity contribution >= 4 is 27.4 Å². The Labute approximate surface area is 202 Å². The first kappa shape index (κ1) is 25.4. The van der Waals surface area contributed by atoms with Gasteiger partial charge in [0.05, 0.1) is 23.7 Å². The minimum atomic E-state index is -4.46. The van der Waals surface area contributed by atoms with E-state index in [2.05, 4.69) is 15.5 Å². The van der Waals surface area contributed by atoms with Crippen molar-refractivity contribution in [3.8, 4) is 0 Å². The maximum atomic E-state index is 13.3. The summed E-state index contributed by atoms with van der Waals surface area (Å²) in [5.41, 5.74) is -0.278. The molecule has 2 amide bonds. The molecule has 2 aliphatic heterocycles. The van der Waals surface area contributed by atoms with Gasteiger partial charge in [0.15, 0.2) is 0 Å². The Kier molecular flexibility index (Phi) is 7.64. The number of anilines is 2. The van der Waals surface area contributed by atoms with E-state index < -0.39 is 27.8 Å². The molecule has 8 nitrogen and oxygen atoms in total. The third-order valence-electron chi connectivity index (χ3n) is 6.08. The van der Waals surface area contributed by atoms with Crippen LogP contribution in [0.2, 0.25) is 0 Å². The molecule has 1 atom stereocenters. The van der Waals surface area contributed by atoms with Crippen molar-refractivity contribution in [1.29, 1.82) is 0 Å². The van der Waals surface area contributed by atoms with E-state index in [0.29, 0.717) is 32.0 Å². The van der Waals surface area contributed by atoms with E-state index >= 15 is 0 Å². The number of alkyl halides is 3. The van der Waals surface area contributed by atoms with Crippen LogP contribution in [0, 0.1) is 0 Å². The molecule has 0 bridgehead atoms. The first-order valence-electron chi connectivity index (χ1n) is 11.3. The number of carbonyl (C=O) groups is 1. The maximum absolute atomic E-state index is 13.3. The summed E-state index contributed by atoms with van der Waals surface area (Å²) in [4.78, 5) is 14.6. The Morgan fingerprint density at radius 3 is 2.09 bits per heavy atom. The van der Waals surface area contributed by atoms with Gasteiger partial charge in [-0.3, -0.25) is 4.90 Å². The fraction of sp³-hybridized carbons (Fsp3) is 0.435. The minimum Gasteiger partial charge on any atom is -0.379 e. The molecule has 2 N–H and O–H groups in total. The normalized spacial score (nSPS) is 20.0. The van der Waals surface area contributed by atoms with Gasteiger partial charge >= 0.3 is 12.2 Å². The molecule has 2 fully saturated rings. The largest absolute Gasteiger partial charge is 0.416 e. The first-order valence-corrected chi connectivity index (χ1v) is 12.7. The molecule has 2 aliphatic rings. The van der Waals surface area contributed by atoms with Gasteiger partial charge < -0.3 is 15.4 Å². The molecule has 2 saturated heterocycles. The number of sulfonamides is 1. The molecular formula is C23H27F3N4O4S. The molecule has 4 rings (SSSR count). The molecule has 0 unspecified atom stereocenters. The van der Waals surface area contributed by atoms with Crippen LogP contribution in [0.5, 0.6) is 0 Å². The lowest BCUT2D eigenvalue weighted by atomic mass is 10.2. The molecule has 0 spiro atoms. The van der Waals surface area contributed by atoms with Crippen molar-refractivity contribution in [3.05, 3.63) is 54.1 Å². The number of carbonyl (C=O) groups excluding carboxylic acids is 1. The summed E-state index contributed by atoms with van der Waals surface area (Å²) in [5, 5.41) is 4.99. The number of benzene rings is 2. The van der Waals surface area contributed by atoms with Crippen molar-refractivity contribution in [2.75, 3.05) is 50.0 Å². The van der Waals surface area contributed by atoms with Crippen LogP contribution in [0.4, 0.5) is 29.3 Å². The molecule has 2 aromatic rings. The Hall–Kier alpha value is -2.67. The number of amides is 2. The SMILES string of the molecule is O=C(Nc1ccc(C(F)(F)F)cc1)Nc1ccc(S(=O)(=O)N2CCC[C@@H]2CN2CCOCC2)cc1. The summed E-state index contributed by atoms with van der Waals surface area (Å²) in [6.07, 6.45) is -2.85. The van der Waals surface area contributed by atoms with Crippen LogP contribution in [-0.2, 0) is 20.9 Å². The topological polar surface area (TPSA) is 91.0 Å². The van der Waals surface area contributed by atoms with Crippen molar-refractivity contribution < 1.29 is 31.1 Å². The Morgan fingerprint density at radius 2 is 1.51 bits per heavy atom. The van der Waals surface area contributed by atoms with Crippen LogP contribution in [0.25, 0.3) is 0 Å². The van der Waals surface area contributed by atoms with E-state index in [4.69, 9.17) is 4.74 Å². The number of urea groups is 1. The summed E-state index contributed by atoms with van der Waals surface area (Å²) in [7, 11) is -3.69. The average Bonchev–Trinajstić information content (AvgIpc) is 3.29. The standard InChI is InChI=1S/C23H27F3N4O4S/c24-23(25,26)17-3-5-18(6-4-17)27-22(31)28-19-7-9-21(10-8-19)35(32,33)30-11-1-2-20(30)16-29-12-14-34-15-13-29/h3-10,20H,1-2,11-16H2,(H2,27,28,31)/t20-/m1/s1. The quantitative estimate of drug-likeness (QED) is 0.614. The van der Waals surface area contributed by atoms with Gasteiger partial charge in [-0.2, -0.15) is 17.5 Å². The number of hydrogen-bond donors (Lipinski definition) is 2.